The van der Waals surface area contributed by atoms with Gasteiger partial charge in [-0.25, -0.2) is 0 Å². The summed E-state index contributed by atoms with van der Waals surface area (Å²) >= 11 is 0. The first-order chi connectivity index (χ1) is 10.5. The summed E-state index contributed by atoms with van der Waals surface area (Å²) in [5.41, 5.74) is 0.682. The summed E-state index contributed by atoms with van der Waals surface area (Å²) in [5.74, 6) is -0.120. The lowest BCUT2D eigenvalue weighted by Crippen LogP contribution is -2.42. The first-order valence-corrected chi connectivity index (χ1v) is 7.20. The number of nitrogens with one attached hydrogen (secondary N) is 1. The van der Waals surface area contributed by atoms with Crippen molar-refractivity contribution in [2.75, 3.05) is 26.8 Å². The third kappa shape index (κ3) is 5.79. The molecule has 0 aromatic heterocycles. The Hall–Kier alpha value is -1.99. The van der Waals surface area contributed by atoms with Crippen molar-refractivity contribution in [1.29, 1.82) is 0 Å². The van der Waals surface area contributed by atoms with Crippen LogP contribution in [0.1, 0.15) is 19.4 Å². The second-order valence-corrected chi connectivity index (χ2v) is 5.11. The van der Waals surface area contributed by atoms with Crippen molar-refractivity contribution in [1.82, 2.24) is 10.2 Å². The molecule has 0 heterocycles. The summed E-state index contributed by atoms with van der Waals surface area (Å²) in [5, 5.41) is 13.9. The number of nitrogens with zero attached hydrogens (tertiary/aromatic N) is 2. The van der Waals surface area contributed by atoms with Crippen LogP contribution in [0.3, 0.4) is 0 Å². The summed E-state index contributed by atoms with van der Waals surface area (Å²) in [7, 11) is 1.58. The van der Waals surface area contributed by atoms with Crippen molar-refractivity contribution in [3.05, 3.63) is 39.9 Å². The molecule has 1 atom stereocenters. The van der Waals surface area contributed by atoms with E-state index in [2.05, 4.69) is 5.32 Å². The molecule has 0 fully saturated rings. The molecule has 122 valence electrons. The van der Waals surface area contributed by atoms with Crippen LogP contribution in [0.5, 0.6) is 0 Å². The maximum Gasteiger partial charge on any atom is 0.273 e. The minimum Gasteiger partial charge on any atom is -0.383 e. The van der Waals surface area contributed by atoms with Crippen LogP contribution in [0.2, 0.25) is 0 Å². The van der Waals surface area contributed by atoms with Gasteiger partial charge in [-0.3, -0.25) is 19.8 Å². The number of hydrogen-bond donors (Lipinski definition) is 1. The molecule has 0 bridgehead atoms. The Morgan fingerprint density at radius 1 is 1.45 bits per heavy atom. The van der Waals surface area contributed by atoms with Crippen molar-refractivity contribution in [3.8, 4) is 0 Å². The normalized spacial score (nSPS) is 12.2. The highest BCUT2D eigenvalue weighted by atomic mass is 16.6. The van der Waals surface area contributed by atoms with Crippen LogP contribution in [0, 0.1) is 10.1 Å². The smallest absolute Gasteiger partial charge is 0.273 e. The minimum absolute atomic E-state index is 0.0673. The summed E-state index contributed by atoms with van der Waals surface area (Å²) in [6.07, 6.45) is 0. The minimum atomic E-state index is -0.399. The Morgan fingerprint density at radius 3 is 2.73 bits per heavy atom. The fourth-order valence-electron chi connectivity index (χ4n) is 2.16. The number of carbonyl (C=O) groups is 1. The molecule has 0 saturated carbocycles. The highest BCUT2D eigenvalue weighted by molar-refractivity contribution is 5.78. The Morgan fingerprint density at radius 2 is 2.14 bits per heavy atom. The maximum atomic E-state index is 12.0. The van der Waals surface area contributed by atoms with Gasteiger partial charge in [0.15, 0.2) is 0 Å². The zero-order chi connectivity index (χ0) is 16.5. The van der Waals surface area contributed by atoms with Gasteiger partial charge in [0.2, 0.25) is 5.91 Å². The van der Waals surface area contributed by atoms with Gasteiger partial charge in [-0.15, -0.1) is 0 Å². The molecule has 0 radical (unpaired) electrons. The van der Waals surface area contributed by atoms with E-state index in [1.165, 1.54) is 6.07 Å². The molecule has 7 heteroatoms. The van der Waals surface area contributed by atoms with Crippen LogP contribution in [0.25, 0.3) is 0 Å². The number of rotatable bonds is 9. The molecule has 0 saturated heterocycles. The third-order valence-electron chi connectivity index (χ3n) is 3.22. The van der Waals surface area contributed by atoms with Gasteiger partial charge >= 0.3 is 0 Å². The van der Waals surface area contributed by atoms with Gasteiger partial charge < -0.3 is 10.1 Å². The molecular formula is C15H23N3O4. The fraction of sp³-hybridized carbons (Fsp3) is 0.533. The van der Waals surface area contributed by atoms with E-state index >= 15 is 0 Å². The molecule has 0 aliphatic carbocycles. The van der Waals surface area contributed by atoms with Crippen molar-refractivity contribution < 1.29 is 14.5 Å². The molecule has 1 aromatic carbocycles. The second kappa shape index (κ2) is 9.11. The molecule has 1 aromatic rings. The molecule has 1 rings (SSSR count). The van der Waals surface area contributed by atoms with Gasteiger partial charge in [0.1, 0.15) is 0 Å². The number of para-hydroxylation sites is 1. The number of amides is 1. The van der Waals surface area contributed by atoms with Gasteiger partial charge in [-0.1, -0.05) is 25.1 Å². The molecule has 0 unspecified atom stereocenters. The van der Waals surface area contributed by atoms with Crippen LogP contribution >= 0.6 is 0 Å². The van der Waals surface area contributed by atoms with E-state index in [1.54, 1.807) is 25.3 Å². The Balaban J connectivity index is 2.66. The Labute approximate surface area is 130 Å². The molecule has 7 nitrogen and oxygen atoms in total. The van der Waals surface area contributed by atoms with Crippen LogP contribution in [0.15, 0.2) is 24.3 Å². The number of methoxy groups -OCH3 is 1. The molecule has 1 amide bonds. The first kappa shape index (κ1) is 18.1. The van der Waals surface area contributed by atoms with Gasteiger partial charge in [-0.05, 0) is 13.5 Å². The van der Waals surface area contributed by atoms with Gasteiger partial charge in [0.25, 0.3) is 5.69 Å². The summed E-state index contributed by atoms with van der Waals surface area (Å²) < 4.78 is 4.97. The zero-order valence-electron chi connectivity index (χ0n) is 13.2. The average molecular weight is 309 g/mol. The number of nitro groups is 1. The number of carbonyl (C=O) groups excluding carboxylic acids is 1. The van der Waals surface area contributed by atoms with E-state index in [-0.39, 0.29) is 24.2 Å². The second-order valence-electron chi connectivity index (χ2n) is 5.11. The predicted octanol–water partition coefficient (Wildman–Crippen LogP) is 1.57. The SMILES string of the molecule is CCN(CC(=O)N[C@@H](C)COC)Cc1ccccc1[N+](=O)[O-]. The number of benzene rings is 1. The summed E-state index contributed by atoms with van der Waals surface area (Å²) in [4.78, 5) is 24.4. The first-order valence-electron chi connectivity index (χ1n) is 7.20. The third-order valence-corrected chi connectivity index (χ3v) is 3.22. The van der Waals surface area contributed by atoms with Crippen molar-refractivity contribution >= 4 is 11.6 Å². The van der Waals surface area contributed by atoms with Crippen LogP contribution in [-0.2, 0) is 16.1 Å². The van der Waals surface area contributed by atoms with E-state index in [4.69, 9.17) is 4.74 Å². The molecule has 0 spiro atoms. The van der Waals surface area contributed by atoms with E-state index in [0.717, 1.165) is 0 Å². The van der Waals surface area contributed by atoms with E-state index < -0.39 is 4.92 Å². The molecule has 22 heavy (non-hydrogen) atoms. The van der Waals surface area contributed by atoms with Crippen LogP contribution in [-0.4, -0.2) is 48.6 Å². The average Bonchev–Trinajstić information content (AvgIpc) is 2.46. The van der Waals surface area contributed by atoms with E-state index in [1.807, 2.05) is 18.7 Å². The van der Waals surface area contributed by atoms with Crippen LogP contribution in [0.4, 0.5) is 5.69 Å². The fourth-order valence-corrected chi connectivity index (χ4v) is 2.16. The lowest BCUT2D eigenvalue weighted by Gasteiger charge is -2.21. The number of nitro benzene ring substituents is 1. The molecule has 0 aliphatic rings. The monoisotopic (exact) mass is 309 g/mol. The summed E-state index contributed by atoms with van der Waals surface area (Å²) in [6, 6.07) is 6.52. The highest BCUT2D eigenvalue weighted by Gasteiger charge is 2.17. The van der Waals surface area contributed by atoms with Crippen molar-refractivity contribution in [3.63, 3.8) is 0 Å². The maximum absolute atomic E-state index is 12.0. The lowest BCUT2D eigenvalue weighted by molar-refractivity contribution is -0.385. The molecule has 1 N–H and O–H groups in total. The van der Waals surface area contributed by atoms with Crippen molar-refractivity contribution in [2.45, 2.75) is 26.4 Å². The summed E-state index contributed by atoms with van der Waals surface area (Å²) in [6.45, 7) is 5.40. The van der Waals surface area contributed by atoms with E-state index in [0.29, 0.717) is 25.3 Å². The van der Waals surface area contributed by atoms with Crippen molar-refractivity contribution in [2.24, 2.45) is 0 Å². The van der Waals surface area contributed by atoms with Gasteiger partial charge in [0, 0.05) is 31.3 Å². The van der Waals surface area contributed by atoms with E-state index in [9.17, 15) is 14.9 Å². The Bertz CT molecular complexity index is 507. The quantitative estimate of drug-likeness (QED) is 0.553. The topological polar surface area (TPSA) is 84.7 Å². The van der Waals surface area contributed by atoms with Gasteiger partial charge in [-0.2, -0.15) is 0 Å². The lowest BCUT2D eigenvalue weighted by atomic mass is 10.1. The predicted molar refractivity (Wildman–Crippen MR) is 83.5 cm³/mol. The Kier molecular flexibility index (Phi) is 7.48. The number of ether oxygens (including phenoxy) is 1. The van der Waals surface area contributed by atoms with Gasteiger partial charge in [0.05, 0.1) is 18.1 Å². The molecule has 0 aliphatic heterocycles. The zero-order valence-corrected chi connectivity index (χ0v) is 13.2. The number of likely N-dealkylation sites (N-methyl/N-ethyl adjacent to an activating group) is 1. The largest absolute Gasteiger partial charge is 0.383 e. The standard InChI is InChI=1S/C15H23N3O4/c1-4-17(10-15(19)16-12(2)11-22-3)9-13-7-5-6-8-14(13)18(20)21/h5-8,12H,4,9-11H2,1-3H3,(H,16,19)/t12-/m0/s1. The molecular weight excluding hydrogens is 286 g/mol. The highest BCUT2D eigenvalue weighted by Crippen LogP contribution is 2.19. The number of hydrogen-bond acceptors (Lipinski definition) is 5. The van der Waals surface area contributed by atoms with Crippen LogP contribution < -0.4 is 5.32 Å².